The Morgan fingerprint density at radius 3 is 2.55 bits per heavy atom. The Labute approximate surface area is 169 Å². The number of para-hydroxylation sites is 2. The second kappa shape index (κ2) is 9.50. The standard InChI is InChI=1S/C23H22N2O4/c1-3-29-22(26)16-20-19(14-9-11-17-10-7-8-15-21(17)28-2)23(27)25(24-20)18-12-5-4-6-13-18/h4-15H,3,16H2,1-2H3/b11-9+,19-14+. The highest BCUT2D eigenvalue weighted by atomic mass is 16.5. The van der Waals surface area contributed by atoms with E-state index >= 15 is 0 Å². The Balaban J connectivity index is 1.90. The number of anilines is 1. The van der Waals surface area contributed by atoms with Crippen molar-refractivity contribution in [3.8, 4) is 5.75 Å². The van der Waals surface area contributed by atoms with Gasteiger partial charge in [0.25, 0.3) is 5.91 Å². The maximum atomic E-state index is 13.0. The number of rotatable bonds is 7. The number of hydrazone groups is 1. The molecule has 0 aromatic heterocycles. The number of hydrogen-bond donors (Lipinski definition) is 0. The van der Waals surface area contributed by atoms with Gasteiger partial charge in [-0.1, -0.05) is 48.6 Å². The highest BCUT2D eigenvalue weighted by molar-refractivity contribution is 6.32. The zero-order valence-corrected chi connectivity index (χ0v) is 16.4. The Morgan fingerprint density at radius 2 is 1.83 bits per heavy atom. The monoisotopic (exact) mass is 390 g/mol. The fourth-order valence-electron chi connectivity index (χ4n) is 2.90. The van der Waals surface area contributed by atoms with E-state index < -0.39 is 5.97 Å². The van der Waals surface area contributed by atoms with Gasteiger partial charge in [-0.3, -0.25) is 9.59 Å². The molecule has 0 aliphatic carbocycles. The number of carbonyl (C=O) groups excluding carboxylic acids is 2. The lowest BCUT2D eigenvalue weighted by Gasteiger charge is -2.10. The van der Waals surface area contributed by atoms with Gasteiger partial charge in [-0.2, -0.15) is 10.1 Å². The normalized spacial score (nSPS) is 15.1. The highest BCUT2D eigenvalue weighted by Gasteiger charge is 2.32. The lowest BCUT2D eigenvalue weighted by molar-refractivity contribution is -0.141. The Bertz CT molecular complexity index is 977. The van der Waals surface area contributed by atoms with Crippen LogP contribution in [-0.4, -0.2) is 31.3 Å². The fraction of sp³-hybridized carbons (Fsp3) is 0.174. The Kier molecular flexibility index (Phi) is 6.58. The summed E-state index contributed by atoms with van der Waals surface area (Å²) in [4.78, 5) is 24.9. The van der Waals surface area contributed by atoms with Crippen molar-refractivity contribution in [2.45, 2.75) is 13.3 Å². The summed E-state index contributed by atoms with van der Waals surface area (Å²) in [7, 11) is 1.60. The second-order valence-corrected chi connectivity index (χ2v) is 6.16. The third kappa shape index (κ3) is 4.79. The lowest BCUT2D eigenvalue weighted by Crippen LogP contribution is -2.21. The SMILES string of the molecule is CCOC(=O)CC1=NN(c2ccccc2)C(=O)/C1=C/C=C/c1ccccc1OC. The van der Waals surface area contributed by atoms with Crippen LogP contribution in [0.15, 0.2) is 77.4 Å². The molecule has 6 heteroatoms. The molecule has 148 valence electrons. The first-order valence-corrected chi connectivity index (χ1v) is 9.28. The van der Waals surface area contributed by atoms with Crippen molar-refractivity contribution >= 4 is 29.4 Å². The molecule has 29 heavy (non-hydrogen) atoms. The van der Waals surface area contributed by atoms with Crippen LogP contribution in [-0.2, 0) is 14.3 Å². The number of carbonyl (C=O) groups is 2. The molecule has 1 heterocycles. The van der Waals surface area contributed by atoms with Crippen molar-refractivity contribution in [3.05, 3.63) is 77.9 Å². The van der Waals surface area contributed by atoms with Gasteiger partial charge in [0.2, 0.25) is 0 Å². The Morgan fingerprint density at radius 1 is 1.10 bits per heavy atom. The summed E-state index contributed by atoms with van der Waals surface area (Å²) < 4.78 is 10.4. The number of hydrogen-bond acceptors (Lipinski definition) is 5. The minimum absolute atomic E-state index is 0.0722. The molecule has 0 N–H and O–H groups in total. The van der Waals surface area contributed by atoms with Gasteiger partial charge >= 0.3 is 5.97 Å². The predicted octanol–water partition coefficient (Wildman–Crippen LogP) is 3.99. The summed E-state index contributed by atoms with van der Waals surface area (Å²) in [6, 6.07) is 16.7. The third-order valence-corrected chi connectivity index (χ3v) is 4.25. The number of nitrogens with zero attached hydrogens (tertiary/aromatic N) is 2. The van der Waals surface area contributed by atoms with E-state index in [9.17, 15) is 9.59 Å². The van der Waals surface area contributed by atoms with Gasteiger partial charge in [0.05, 0.1) is 37.1 Å². The molecule has 0 saturated carbocycles. The lowest BCUT2D eigenvalue weighted by atomic mass is 10.1. The second-order valence-electron chi connectivity index (χ2n) is 6.16. The van der Waals surface area contributed by atoms with Crippen LogP contribution in [0, 0.1) is 0 Å². The molecule has 0 radical (unpaired) electrons. The molecular weight excluding hydrogens is 368 g/mol. The molecule has 0 atom stereocenters. The van der Waals surface area contributed by atoms with Crippen LogP contribution in [0.25, 0.3) is 6.08 Å². The van der Waals surface area contributed by atoms with Crippen LogP contribution in [0.2, 0.25) is 0 Å². The summed E-state index contributed by atoms with van der Waals surface area (Å²) in [6.07, 6.45) is 5.18. The highest BCUT2D eigenvalue weighted by Crippen LogP contribution is 2.25. The maximum Gasteiger partial charge on any atom is 0.311 e. The molecule has 0 saturated heterocycles. The largest absolute Gasteiger partial charge is 0.496 e. The first kappa shape index (κ1) is 20.1. The first-order valence-electron chi connectivity index (χ1n) is 9.28. The number of ether oxygens (including phenoxy) is 2. The van der Waals surface area contributed by atoms with Crippen LogP contribution in [0.4, 0.5) is 5.69 Å². The first-order chi connectivity index (χ1) is 14.1. The summed E-state index contributed by atoms with van der Waals surface area (Å²) in [5.41, 5.74) is 2.24. The quantitative estimate of drug-likeness (QED) is 0.530. The average molecular weight is 390 g/mol. The zero-order valence-electron chi connectivity index (χ0n) is 16.4. The van der Waals surface area contributed by atoms with Crippen LogP contribution in [0.5, 0.6) is 5.75 Å². The topological polar surface area (TPSA) is 68.2 Å². The van der Waals surface area contributed by atoms with Gasteiger partial charge in [-0.15, -0.1) is 0 Å². The van der Waals surface area contributed by atoms with Crippen molar-refractivity contribution in [1.82, 2.24) is 0 Å². The minimum atomic E-state index is -0.423. The van der Waals surface area contributed by atoms with Gasteiger partial charge < -0.3 is 9.47 Å². The van der Waals surface area contributed by atoms with E-state index in [0.29, 0.717) is 17.0 Å². The summed E-state index contributed by atoms with van der Waals surface area (Å²) in [6.45, 7) is 2.01. The maximum absolute atomic E-state index is 13.0. The zero-order chi connectivity index (χ0) is 20.6. The van der Waals surface area contributed by atoms with Crippen LogP contribution < -0.4 is 9.75 Å². The van der Waals surface area contributed by atoms with Crippen molar-refractivity contribution in [2.24, 2.45) is 5.10 Å². The predicted molar refractivity (Wildman–Crippen MR) is 113 cm³/mol. The van der Waals surface area contributed by atoms with Gasteiger partial charge in [0.15, 0.2) is 0 Å². The molecule has 0 unspecified atom stereocenters. The van der Waals surface area contributed by atoms with E-state index in [1.807, 2.05) is 48.5 Å². The molecule has 2 aromatic rings. The fourth-order valence-corrected chi connectivity index (χ4v) is 2.90. The molecule has 0 bridgehead atoms. The van der Waals surface area contributed by atoms with E-state index in [4.69, 9.17) is 9.47 Å². The van der Waals surface area contributed by atoms with E-state index in [-0.39, 0.29) is 18.9 Å². The van der Waals surface area contributed by atoms with Crippen molar-refractivity contribution in [2.75, 3.05) is 18.7 Å². The van der Waals surface area contributed by atoms with Crippen LogP contribution in [0.1, 0.15) is 18.9 Å². The van der Waals surface area contributed by atoms with Gasteiger partial charge in [-0.25, -0.2) is 0 Å². The van der Waals surface area contributed by atoms with Gasteiger partial charge in [-0.05, 0) is 31.2 Å². The molecule has 3 rings (SSSR count). The van der Waals surface area contributed by atoms with Gasteiger partial charge in [0, 0.05) is 5.56 Å². The summed E-state index contributed by atoms with van der Waals surface area (Å²) >= 11 is 0. The van der Waals surface area contributed by atoms with Gasteiger partial charge in [0.1, 0.15) is 5.75 Å². The molecule has 6 nitrogen and oxygen atoms in total. The smallest absolute Gasteiger partial charge is 0.311 e. The van der Waals surface area contributed by atoms with Crippen molar-refractivity contribution < 1.29 is 19.1 Å². The molecule has 0 fully saturated rings. The minimum Gasteiger partial charge on any atom is -0.496 e. The molecule has 1 aliphatic rings. The molecule has 0 spiro atoms. The van der Waals surface area contributed by atoms with E-state index in [1.54, 1.807) is 38.3 Å². The number of benzene rings is 2. The van der Waals surface area contributed by atoms with Crippen LogP contribution in [0.3, 0.4) is 0 Å². The molecule has 1 aliphatic heterocycles. The van der Waals surface area contributed by atoms with E-state index in [0.717, 1.165) is 11.3 Å². The molecule has 2 aromatic carbocycles. The third-order valence-electron chi connectivity index (χ3n) is 4.25. The number of allylic oxidation sites excluding steroid dienone is 2. The number of esters is 1. The van der Waals surface area contributed by atoms with E-state index in [2.05, 4.69) is 5.10 Å². The van der Waals surface area contributed by atoms with Crippen molar-refractivity contribution in [3.63, 3.8) is 0 Å². The van der Waals surface area contributed by atoms with E-state index in [1.165, 1.54) is 5.01 Å². The average Bonchev–Trinajstić information content (AvgIpc) is 3.04. The molecule has 1 amide bonds. The van der Waals surface area contributed by atoms with Crippen molar-refractivity contribution in [1.29, 1.82) is 0 Å². The summed E-state index contributed by atoms with van der Waals surface area (Å²) in [5, 5.41) is 5.68. The number of methoxy groups -OCH3 is 1. The number of amides is 1. The molecular formula is C23H22N2O4. The van der Waals surface area contributed by atoms with Crippen LogP contribution >= 0.6 is 0 Å². The summed E-state index contributed by atoms with van der Waals surface area (Å²) in [5.74, 6) is 0.0139. The Hall–Kier alpha value is -3.67.